The summed E-state index contributed by atoms with van der Waals surface area (Å²) in [5.41, 5.74) is 5.07. The van der Waals surface area contributed by atoms with Crippen molar-refractivity contribution in [2.45, 2.75) is 26.8 Å². The van der Waals surface area contributed by atoms with Crippen molar-refractivity contribution in [3.63, 3.8) is 0 Å². The third-order valence-electron chi connectivity index (χ3n) is 5.23. The number of carbonyl (C=O) groups is 2. The Balaban J connectivity index is 0.000000454. The summed E-state index contributed by atoms with van der Waals surface area (Å²) in [5.74, 6) is -0.307. The average molecular weight is 453 g/mol. The van der Waals surface area contributed by atoms with E-state index in [-0.39, 0.29) is 11.9 Å². The highest BCUT2D eigenvalue weighted by atomic mass is 16.5. The number of rotatable bonds is 5. The summed E-state index contributed by atoms with van der Waals surface area (Å²) in [6.07, 6.45) is 2.82. The van der Waals surface area contributed by atoms with Crippen LogP contribution in [-0.2, 0) is 27.2 Å². The van der Waals surface area contributed by atoms with Gasteiger partial charge < -0.3 is 20.1 Å². The predicted molar refractivity (Wildman–Crippen MR) is 129 cm³/mol. The fraction of sp³-hybridized carbons (Fsp3) is 0.400. The fourth-order valence-corrected chi connectivity index (χ4v) is 3.50. The fourth-order valence-electron chi connectivity index (χ4n) is 3.50. The lowest BCUT2D eigenvalue weighted by Gasteiger charge is -2.23. The van der Waals surface area contributed by atoms with Crippen molar-refractivity contribution < 1.29 is 19.1 Å². The number of amides is 1. The molecule has 0 radical (unpaired) electrons. The monoisotopic (exact) mass is 452 g/mol. The molecule has 0 aliphatic carbocycles. The van der Waals surface area contributed by atoms with Gasteiger partial charge in [0.2, 0.25) is 0 Å². The SMILES string of the molecule is CCOC(C)=O.O=C(Nc1ccc2c(c1)CCNC2)c1ccc(C=NN2CCOCC2)cc1. The molecule has 2 aliphatic heterocycles. The molecule has 1 fully saturated rings. The molecule has 1 saturated heterocycles. The quantitative estimate of drug-likeness (QED) is 0.535. The molecular weight excluding hydrogens is 420 g/mol. The molecular formula is C25H32N4O4. The Labute approximate surface area is 195 Å². The molecule has 176 valence electrons. The molecule has 8 heteroatoms. The van der Waals surface area contributed by atoms with Crippen LogP contribution in [0, 0.1) is 0 Å². The summed E-state index contributed by atoms with van der Waals surface area (Å²) in [6.45, 7) is 8.60. The number of anilines is 1. The van der Waals surface area contributed by atoms with E-state index in [1.165, 1.54) is 18.1 Å². The molecule has 2 N–H and O–H groups in total. The van der Waals surface area contributed by atoms with E-state index >= 15 is 0 Å². The first-order chi connectivity index (χ1) is 16.0. The summed E-state index contributed by atoms with van der Waals surface area (Å²) < 4.78 is 9.71. The number of nitrogens with zero attached hydrogens (tertiary/aromatic N) is 2. The number of fused-ring (bicyclic) bond motifs is 1. The van der Waals surface area contributed by atoms with Gasteiger partial charge in [-0.05, 0) is 60.8 Å². The number of ether oxygens (including phenoxy) is 2. The molecule has 1 amide bonds. The minimum Gasteiger partial charge on any atom is -0.466 e. The zero-order valence-corrected chi connectivity index (χ0v) is 19.3. The Bertz CT molecular complexity index is 953. The van der Waals surface area contributed by atoms with Crippen LogP contribution in [0.25, 0.3) is 0 Å². The number of hydrazone groups is 1. The maximum absolute atomic E-state index is 12.5. The number of hydrogen-bond acceptors (Lipinski definition) is 7. The molecule has 2 aliphatic rings. The van der Waals surface area contributed by atoms with E-state index in [0.29, 0.717) is 12.2 Å². The van der Waals surface area contributed by atoms with Gasteiger partial charge in [0.05, 0.1) is 39.1 Å². The molecule has 2 aromatic rings. The largest absolute Gasteiger partial charge is 0.466 e. The molecule has 2 aromatic carbocycles. The number of nitrogens with one attached hydrogen (secondary N) is 2. The Morgan fingerprint density at radius 3 is 2.58 bits per heavy atom. The standard InChI is InChI=1S/C21H24N4O2.C4H8O2/c26-21(24-20-6-5-19-15-22-8-7-18(19)13-20)17-3-1-16(2-4-17)14-23-25-9-11-27-12-10-25;1-3-6-4(2)5/h1-6,13-14,22H,7-12,15H2,(H,24,26);3H2,1-2H3. The number of benzene rings is 2. The lowest BCUT2D eigenvalue weighted by atomic mass is 10.0. The molecule has 0 bridgehead atoms. The van der Waals surface area contributed by atoms with Crippen molar-refractivity contribution in [3.8, 4) is 0 Å². The molecule has 4 rings (SSSR count). The topological polar surface area (TPSA) is 92.3 Å². The van der Waals surface area contributed by atoms with Crippen LogP contribution in [0.4, 0.5) is 5.69 Å². The maximum atomic E-state index is 12.5. The minimum atomic E-state index is -0.211. The second kappa shape index (κ2) is 12.7. The van der Waals surface area contributed by atoms with E-state index in [9.17, 15) is 9.59 Å². The number of esters is 1. The first kappa shape index (κ1) is 24.4. The first-order valence-electron chi connectivity index (χ1n) is 11.3. The van der Waals surface area contributed by atoms with Crippen molar-refractivity contribution in [3.05, 3.63) is 64.7 Å². The van der Waals surface area contributed by atoms with Crippen LogP contribution >= 0.6 is 0 Å². The smallest absolute Gasteiger partial charge is 0.302 e. The van der Waals surface area contributed by atoms with Crippen LogP contribution in [0.5, 0.6) is 0 Å². The molecule has 8 nitrogen and oxygen atoms in total. The predicted octanol–water partition coefficient (Wildman–Crippen LogP) is 2.82. The van der Waals surface area contributed by atoms with Crippen molar-refractivity contribution in [1.29, 1.82) is 0 Å². The number of hydrogen-bond donors (Lipinski definition) is 2. The average Bonchev–Trinajstić information content (AvgIpc) is 2.84. The van der Waals surface area contributed by atoms with Gasteiger partial charge >= 0.3 is 5.97 Å². The molecule has 0 aromatic heterocycles. The Morgan fingerprint density at radius 2 is 1.91 bits per heavy atom. The minimum absolute atomic E-state index is 0.0967. The summed E-state index contributed by atoms with van der Waals surface area (Å²) in [7, 11) is 0. The maximum Gasteiger partial charge on any atom is 0.302 e. The summed E-state index contributed by atoms with van der Waals surface area (Å²) in [6, 6.07) is 13.6. The lowest BCUT2D eigenvalue weighted by molar-refractivity contribution is -0.140. The number of carbonyl (C=O) groups excluding carboxylic acids is 2. The van der Waals surface area contributed by atoms with E-state index in [2.05, 4.69) is 32.6 Å². The molecule has 0 atom stereocenters. The second-order valence-electron chi connectivity index (χ2n) is 7.72. The van der Waals surface area contributed by atoms with Gasteiger partial charge in [-0.15, -0.1) is 0 Å². The van der Waals surface area contributed by atoms with Crippen LogP contribution in [-0.4, -0.2) is 62.6 Å². The summed E-state index contributed by atoms with van der Waals surface area (Å²) in [4.78, 5) is 22.3. The van der Waals surface area contributed by atoms with Gasteiger partial charge in [0.15, 0.2) is 0 Å². The molecule has 2 heterocycles. The van der Waals surface area contributed by atoms with Gasteiger partial charge in [0.25, 0.3) is 5.91 Å². The molecule has 0 spiro atoms. The van der Waals surface area contributed by atoms with Crippen molar-refractivity contribution >= 4 is 23.8 Å². The van der Waals surface area contributed by atoms with Crippen molar-refractivity contribution in [2.75, 3.05) is 44.8 Å². The molecule has 0 saturated carbocycles. The van der Waals surface area contributed by atoms with E-state index in [1.807, 2.05) is 41.6 Å². The van der Waals surface area contributed by atoms with E-state index in [1.54, 1.807) is 6.92 Å². The zero-order chi connectivity index (χ0) is 23.5. The summed E-state index contributed by atoms with van der Waals surface area (Å²) >= 11 is 0. The Hall–Kier alpha value is -3.23. The van der Waals surface area contributed by atoms with Gasteiger partial charge in [0.1, 0.15) is 0 Å². The first-order valence-corrected chi connectivity index (χ1v) is 11.3. The van der Waals surface area contributed by atoms with E-state index in [0.717, 1.165) is 57.1 Å². The highest BCUT2D eigenvalue weighted by Crippen LogP contribution is 2.19. The van der Waals surface area contributed by atoms with Crippen LogP contribution in [0.15, 0.2) is 47.6 Å². The van der Waals surface area contributed by atoms with Crippen molar-refractivity contribution in [1.82, 2.24) is 10.3 Å². The van der Waals surface area contributed by atoms with Crippen LogP contribution in [0.2, 0.25) is 0 Å². The highest BCUT2D eigenvalue weighted by Gasteiger charge is 2.11. The van der Waals surface area contributed by atoms with Gasteiger partial charge in [-0.2, -0.15) is 5.10 Å². The van der Waals surface area contributed by atoms with E-state index in [4.69, 9.17) is 4.74 Å². The van der Waals surface area contributed by atoms with Crippen LogP contribution in [0.1, 0.15) is 40.9 Å². The molecule has 0 unspecified atom stereocenters. The van der Waals surface area contributed by atoms with Gasteiger partial charge in [0, 0.05) is 24.7 Å². The Morgan fingerprint density at radius 1 is 1.15 bits per heavy atom. The van der Waals surface area contributed by atoms with E-state index < -0.39 is 0 Å². The van der Waals surface area contributed by atoms with Gasteiger partial charge in [-0.1, -0.05) is 18.2 Å². The normalized spacial score (nSPS) is 15.3. The lowest BCUT2D eigenvalue weighted by Crippen LogP contribution is -2.32. The highest BCUT2D eigenvalue weighted by molar-refractivity contribution is 6.04. The third kappa shape index (κ3) is 8.00. The summed E-state index contributed by atoms with van der Waals surface area (Å²) in [5, 5.41) is 12.8. The van der Waals surface area contributed by atoms with Crippen LogP contribution in [0.3, 0.4) is 0 Å². The van der Waals surface area contributed by atoms with Crippen LogP contribution < -0.4 is 10.6 Å². The van der Waals surface area contributed by atoms with Crippen molar-refractivity contribution in [2.24, 2.45) is 5.10 Å². The molecule has 33 heavy (non-hydrogen) atoms. The number of morpholine rings is 1. The zero-order valence-electron chi connectivity index (χ0n) is 19.3. The Kier molecular flexibility index (Phi) is 9.41. The second-order valence-corrected chi connectivity index (χ2v) is 7.72. The third-order valence-corrected chi connectivity index (χ3v) is 5.23. The van der Waals surface area contributed by atoms with Gasteiger partial charge in [-0.25, -0.2) is 0 Å². The van der Waals surface area contributed by atoms with Gasteiger partial charge in [-0.3, -0.25) is 14.6 Å².